The molecule has 5 nitrogen and oxygen atoms in total. The van der Waals surface area contributed by atoms with E-state index in [1.54, 1.807) is 12.3 Å². The van der Waals surface area contributed by atoms with Gasteiger partial charge < -0.3 is 9.73 Å². The molecule has 0 spiro atoms. The topological polar surface area (TPSA) is 58.4 Å². The molecule has 0 unspecified atom stereocenters. The van der Waals surface area contributed by atoms with Crippen molar-refractivity contribution in [1.29, 1.82) is 0 Å². The quantitative estimate of drug-likeness (QED) is 0.729. The first-order chi connectivity index (χ1) is 12.0. The third-order valence-corrected chi connectivity index (χ3v) is 4.11. The fourth-order valence-electron chi connectivity index (χ4n) is 2.68. The van der Waals surface area contributed by atoms with Gasteiger partial charge in [0.2, 0.25) is 5.91 Å². The standard InChI is InChI=1S/C19H20ClN3O2/c1-13(18-10-14-9-15(20)6-7-17(14)25-18)22-19(24)12-23(2)11-16-5-3-4-8-21-16/h3-10,13H,11-12H2,1-2H3,(H,22,24)/t13-/m1/s1. The Morgan fingerprint density at radius 1 is 1.32 bits per heavy atom. The van der Waals surface area contributed by atoms with Gasteiger partial charge in [0.05, 0.1) is 18.3 Å². The van der Waals surface area contributed by atoms with Crippen molar-refractivity contribution in [2.24, 2.45) is 0 Å². The molecule has 0 aliphatic carbocycles. The molecular weight excluding hydrogens is 338 g/mol. The van der Waals surface area contributed by atoms with E-state index < -0.39 is 0 Å². The third kappa shape index (κ3) is 4.59. The minimum atomic E-state index is -0.220. The van der Waals surface area contributed by atoms with Gasteiger partial charge in [0.15, 0.2) is 0 Å². The van der Waals surface area contributed by atoms with Gasteiger partial charge in [0, 0.05) is 23.2 Å². The molecule has 0 saturated carbocycles. The molecule has 130 valence electrons. The van der Waals surface area contributed by atoms with Crippen LogP contribution in [0.25, 0.3) is 11.0 Å². The van der Waals surface area contributed by atoms with Crippen molar-refractivity contribution in [2.45, 2.75) is 19.5 Å². The molecule has 3 rings (SSSR count). The van der Waals surface area contributed by atoms with Gasteiger partial charge in [-0.25, -0.2) is 0 Å². The average molecular weight is 358 g/mol. The summed E-state index contributed by atoms with van der Waals surface area (Å²) in [6, 6.07) is 12.9. The molecule has 0 aliphatic heterocycles. The highest BCUT2D eigenvalue weighted by Crippen LogP contribution is 2.26. The number of likely N-dealkylation sites (N-methyl/N-ethyl adjacent to an activating group) is 1. The largest absolute Gasteiger partial charge is 0.459 e. The Hall–Kier alpha value is -2.37. The number of hydrogen-bond donors (Lipinski definition) is 1. The van der Waals surface area contributed by atoms with Crippen LogP contribution in [0.1, 0.15) is 24.4 Å². The van der Waals surface area contributed by atoms with Crippen LogP contribution in [0, 0.1) is 0 Å². The Morgan fingerprint density at radius 3 is 2.92 bits per heavy atom. The summed E-state index contributed by atoms with van der Waals surface area (Å²) in [5.74, 6) is 0.641. The second-order valence-electron chi connectivity index (χ2n) is 6.11. The molecule has 2 aromatic heterocycles. The molecule has 1 aromatic carbocycles. The minimum absolute atomic E-state index is 0.0654. The maximum atomic E-state index is 12.3. The van der Waals surface area contributed by atoms with Crippen molar-refractivity contribution in [2.75, 3.05) is 13.6 Å². The number of nitrogens with one attached hydrogen (secondary N) is 1. The van der Waals surface area contributed by atoms with Crippen LogP contribution < -0.4 is 5.32 Å². The zero-order chi connectivity index (χ0) is 17.8. The predicted molar refractivity (Wildman–Crippen MR) is 98.4 cm³/mol. The van der Waals surface area contributed by atoms with E-state index in [1.807, 2.05) is 55.3 Å². The lowest BCUT2D eigenvalue weighted by molar-refractivity contribution is -0.122. The van der Waals surface area contributed by atoms with Crippen LogP contribution >= 0.6 is 11.6 Å². The zero-order valence-electron chi connectivity index (χ0n) is 14.2. The van der Waals surface area contributed by atoms with Crippen molar-refractivity contribution in [1.82, 2.24) is 15.2 Å². The Balaban J connectivity index is 1.57. The minimum Gasteiger partial charge on any atom is -0.459 e. The van der Waals surface area contributed by atoms with Gasteiger partial charge in [-0.1, -0.05) is 17.7 Å². The van der Waals surface area contributed by atoms with Crippen molar-refractivity contribution in [3.63, 3.8) is 0 Å². The number of rotatable bonds is 6. The molecule has 3 aromatic rings. The Kier molecular flexibility index (Phi) is 5.36. The highest BCUT2D eigenvalue weighted by Gasteiger charge is 2.15. The summed E-state index contributed by atoms with van der Waals surface area (Å²) in [4.78, 5) is 18.4. The maximum absolute atomic E-state index is 12.3. The number of benzene rings is 1. The highest BCUT2D eigenvalue weighted by atomic mass is 35.5. The van der Waals surface area contributed by atoms with E-state index in [-0.39, 0.29) is 18.5 Å². The maximum Gasteiger partial charge on any atom is 0.234 e. The van der Waals surface area contributed by atoms with Crippen molar-refractivity contribution < 1.29 is 9.21 Å². The van der Waals surface area contributed by atoms with Crippen LogP contribution in [0.3, 0.4) is 0 Å². The number of carbonyl (C=O) groups is 1. The predicted octanol–water partition coefficient (Wildman–Crippen LogP) is 3.79. The number of halogens is 1. The number of hydrogen-bond acceptors (Lipinski definition) is 4. The lowest BCUT2D eigenvalue weighted by Crippen LogP contribution is -2.36. The van der Waals surface area contributed by atoms with Gasteiger partial charge in [-0.15, -0.1) is 0 Å². The molecule has 25 heavy (non-hydrogen) atoms. The smallest absolute Gasteiger partial charge is 0.234 e. The van der Waals surface area contributed by atoms with E-state index in [4.69, 9.17) is 16.0 Å². The van der Waals surface area contributed by atoms with Gasteiger partial charge in [0.25, 0.3) is 0 Å². The molecule has 1 amide bonds. The van der Waals surface area contributed by atoms with Gasteiger partial charge in [-0.05, 0) is 50.4 Å². The molecule has 1 atom stereocenters. The summed E-state index contributed by atoms with van der Waals surface area (Å²) in [7, 11) is 1.89. The van der Waals surface area contributed by atoms with E-state index in [9.17, 15) is 4.79 Å². The number of nitrogens with zero attached hydrogens (tertiary/aromatic N) is 2. The monoisotopic (exact) mass is 357 g/mol. The fraction of sp³-hybridized carbons (Fsp3) is 0.263. The van der Waals surface area contributed by atoms with Crippen LogP contribution in [0.4, 0.5) is 0 Å². The molecule has 0 bridgehead atoms. The number of fused-ring (bicyclic) bond motifs is 1. The molecule has 2 heterocycles. The number of amides is 1. The Labute approximate surface area is 151 Å². The van der Waals surface area contributed by atoms with Crippen LogP contribution in [0.5, 0.6) is 0 Å². The summed E-state index contributed by atoms with van der Waals surface area (Å²) in [5.41, 5.74) is 1.69. The lowest BCUT2D eigenvalue weighted by Gasteiger charge is -2.17. The van der Waals surface area contributed by atoms with Crippen molar-refractivity contribution in [3.05, 3.63) is 65.1 Å². The van der Waals surface area contributed by atoms with E-state index in [2.05, 4.69) is 10.3 Å². The highest BCUT2D eigenvalue weighted by molar-refractivity contribution is 6.31. The number of carbonyl (C=O) groups excluding carboxylic acids is 1. The first kappa shape index (κ1) is 17.5. The molecule has 0 saturated heterocycles. The van der Waals surface area contributed by atoms with Gasteiger partial charge in [-0.2, -0.15) is 0 Å². The summed E-state index contributed by atoms with van der Waals surface area (Å²) in [6.07, 6.45) is 1.75. The van der Waals surface area contributed by atoms with Crippen LogP contribution in [0.15, 0.2) is 53.1 Å². The summed E-state index contributed by atoms with van der Waals surface area (Å²) in [5, 5.41) is 4.55. The van der Waals surface area contributed by atoms with Crippen LogP contribution in [0.2, 0.25) is 5.02 Å². The van der Waals surface area contributed by atoms with E-state index in [0.29, 0.717) is 17.3 Å². The first-order valence-corrected chi connectivity index (χ1v) is 8.46. The number of furan rings is 1. The van der Waals surface area contributed by atoms with E-state index in [0.717, 1.165) is 16.7 Å². The lowest BCUT2D eigenvalue weighted by atomic mass is 10.2. The number of aromatic nitrogens is 1. The second kappa shape index (κ2) is 7.68. The zero-order valence-corrected chi connectivity index (χ0v) is 15.0. The van der Waals surface area contributed by atoms with Crippen LogP contribution in [-0.4, -0.2) is 29.4 Å². The molecule has 0 radical (unpaired) electrons. The SMILES string of the molecule is C[C@@H](NC(=O)CN(C)Cc1ccccn1)c1cc2cc(Cl)ccc2o1. The average Bonchev–Trinajstić information content (AvgIpc) is 2.98. The normalized spacial score (nSPS) is 12.5. The second-order valence-corrected chi connectivity index (χ2v) is 6.55. The van der Waals surface area contributed by atoms with E-state index >= 15 is 0 Å². The fourth-order valence-corrected chi connectivity index (χ4v) is 2.86. The Morgan fingerprint density at radius 2 is 2.16 bits per heavy atom. The summed E-state index contributed by atoms with van der Waals surface area (Å²) < 4.78 is 5.79. The van der Waals surface area contributed by atoms with Gasteiger partial charge in [-0.3, -0.25) is 14.7 Å². The molecule has 1 N–H and O–H groups in total. The summed E-state index contributed by atoms with van der Waals surface area (Å²) >= 11 is 5.99. The van der Waals surface area contributed by atoms with Gasteiger partial charge >= 0.3 is 0 Å². The third-order valence-electron chi connectivity index (χ3n) is 3.87. The van der Waals surface area contributed by atoms with Crippen molar-refractivity contribution >= 4 is 28.5 Å². The molecule has 0 aliphatic rings. The van der Waals surface area contributed by atoms with Crippen LogP contribution in [-0.2, 0) is 11.3 Å². The molecule has 0 fully saturated rings. The summed E-state index contributed by atoms with van der Waals surface area (Å²) in [6.45, 7) is 2.80. The van der Waals surface area contributed by atoms with E-state index in [1.165, 1.54) is 0 Å². The Bertz CT molecular complexity index is 863. The van der Waals surface area contributed by atoms with Crippen molar-refractivity contribution in [3.8, 4) is 0 Å². The molecule has 6 heteroatoms. The first-order valence-electron chi connectivity index (χ1n) is 8.08. The number of pyridine rings is 1. The molecular formula is C19H20ClN3O2. The van der Waals surface area contributed by atoms with Gasteiger partial charge in [0.1, 0.15) is 11.3 Å².